The number of carbonyl (C=O) groups is 1. The van der Waals surface area contributed by atoms with E-state index in [1.165, 1.54) is 6.07 Å². The molecule has 2 heterocycles. The van der Waals surface area contributed by atoms with Crippen LogP contribution in [0.4, 0.5) is 5.69 Å². The SMILES string of the molecule is NN/N=C(\N)c1c(N2CCNC(C(N)=O)CC2)ccc(S(=O)(=O)N[C@@H]2CCNC2)c1S(N)=O. The molecule has 33 heavy (non-hydrogen) atoms. The van der Waals surface area contributed by atoms with Gasteiger partial charge in [0.1, 0.15) is 15.9 Å². The van der Waals surface area contributed by atoms with Gasteiger partial charge in [-0.15, -0.1) is 5.10 Å². The minimum Gasteiger partial charge on any atom is -0.382 e. The van der Waals surface area contributed by atoms with Crippen LogP contribution in [0.3, 0.4) is 0 Å². The van der Waals surface area contributed by atoms with Crippen LogP contribution < -0.4 is 48.2 Å². The van der Waals surface area contributed by atoms with Crippen LogP contribution in [0.1, 0.15) is 18.4 Å². The Labute approximate surface area is 194 Å². The van der Waals surface area contributed by atoms with Gasteiger partial charge in [0.25, 0.3) is 0 Å². The van der Waals surface area contributed by atoms with Crippen molar-refractivity contribution >= 4 is 38.4 Å². The topological polar surface area (TPSA) is 236 Å². The quantitative estimate of drug-likeness (QED) is 0.0743. The Morgan fingerprint density at radius 1 is 1.21 bits per heavy atom. The standard InChI is InChI=1S/C17H30N10O4S2/c18-16(24-26-20)14-12(27-7-4-11(17(19)28)23-6-8-27)1-2-13(15(14)32(21)29)33(30,31)25-10-3-5-22-9-10/h1-2,10-11,22-23,25-26H,3-9,20-21H2,(H2,18,24)(H2,19,28)/t10-,11?,32?/m1/s1. The van der Waals surface area contributed by atoms with Crippen LogP contribution in [0.5, 0.6) is 0 Å². The number of benzene rings is 1. The summed E-state index contributed by atoms with van der Waals surface area (Å²) in [5.41, 5.74) is 14.1. The van der Waals surface area contributed by atoms with Gasteiger partial charge in [-0.25, -0.2) is 33.9 Å². The normalized spacial score (nSPS) is 23.2. The molecule has 3 atom stereocenters. The lowest BCUT2D eigenvalue weighted by molar-refractivity contribution is -0.120. The molecule has 1 aromatic carbocycles. The highest BCUT2D eigenvalue weighted by molar-refractivity contribution is 7.90. The molecule has 3 rings (SSSR count). The Balaban J connectivity index is 2.11. The van der Waals surface area contributed by atoms with Gasteiger partial charge in [-0.05, 0) is 31.5 Å². The van der Waals surface area contributed by atoms with Crippen molar-refractivity contribution in [2.24, 2.45) is 27.6 Å². The van der Waals surface area contributed by atoms with Crippen LogP contribution in [0.25, 0.3) is 0 Å². The minimum absolute atomic E-state index is 0.0822. The van der Waals surface area contributed by atoms with Crippen LogP contribution in [-0.4, -0.2) is 69.2 Å². The fourth-order valence-electron chi connectivity index (χ4n) is 4.00. The molecular weight excluding hydrogens is 472 g/mol. The zero-order valence-electron chi connectivity index (χ0n) is 17.9. The minimum atomic E-state index is -4.08. The summed E-state index contributed by atoms with van der Waals surface area (Å²) in [6.45, 7) is 2.43. The first-order valence-corrected chi connectivity index (χ1v) is 13.0. The average Bonchev–Trinajstić information content (AvgIpc) is 3.12. The van der Waals surface area contributed by atoms with E-state index in [0.717, 1.165) is 0 Å². The highest BCUT2D eigenvalue weighted by atomic mass is 32.2. The van der Waals surface area contributed by atoms with Crippen molar-refractivity contribution in [2.45, 2.75) is 34.7 Å². The number of primary amides is 1. The second kappa shape index (κ2) is 10.7. The van der Waals surface area contributed by atoms with Gasteiger partial charge in [-0.2, -0.15) is 0 Å². The molecule has 2 saturated heterocycles. The Hall–Kier alpha value is -2.34. The van der Waals surface area contributed by atoms with E-state index in [-0.39, 0.29) is 27.2 Å². The summed E-state index contributed by atoms with van der Waals surface area (Å²) < 4.78 is 41.6. The van der Waals surface area contributed by atoms with E-state index in [9.17, 15) is 17.4 Å². The summed E-state index contributed by atoms with van der Waals surface area (Å²) in [6, 6.07) is 2.08. The lowest BCUT2D eigenvalue weighted by Crippen LogP contribution is -2.41. The lowest BCUT2D eigenvalue weighted by atomic mass is 10.1. The molecule has 0 aromatic heterocycles. The number of hydrazine groups is 1. The summed E-state index contributed by atoms with van der Waals surface area (Å²) in [4.78, 5) is 13.0. The second-order valence-electron chi connectivity index (χ2n) is 7.71. The van der Waals surface area contributed by atoms with E-state index in [0.29, 0.717) is 51.3 Å². The van der Waals surface area contributed by atoms with E-state index >= 15 is 0 Å². The first-order chi connectivity index (χ1) is 15.7. The van der Waals surface area contributed by atoms with Gasteiger partial charge in [0.05, 0.1) is 16.5 Å². The van der Waals surface area contributed by atoms with Crippen molar-refractivity contribution in [3.05, 3.63) is 17.7 Å². The Bertz CT molecular complexity index is 1040. The number of nitrogens with zero attached hydrogens (tertiary/aromatic N) is 2. The molecule has 14 nitrogen and oxygen atoms in total. The van der Waals surface area contributed by atoms with Gasteiger partial charge >= 0.3 is 0 Å². The number of amides is 1. The number of rotatable bonds is 8. The number of nitrogens with two attached hydrogens (primary N) is 4. The molecule has 12 N–H and O–H groups in total. The molecule has 2 unspecified atom stereocenters. The van der Waals surface area contributed by atoms with Crippen molar-refractivity contribution in [3.63, 3.8) is 0 Å². The first kappa shape index (κ1) is 25.3. The largest absolute Gasteiger partial charge is 0.382 e. The highest BCUT2D eigenvalue weighted by Gasteiger charge is 2.32. The van der Waals surface area contributed by atoms with Crippen LogP contribution in [-0.2, 0) is 25.8 Å². The summed E-state index contributed by atoms with van der Waals surface area (Å²) in [5, 5.41) is 15.7. The molecule has 16 heteroatoms. The van der Waals surface area contributed by atoms with E-state index in [1.54, 1.807) is 6.07 Å². The van der Waals surface area contributed by atoms with E-state index in [4.69, 9.17) is 22.4 Å². The summed E-state index contributed by atoms with van der Waals surface area (Å²) in [6.07, 6.45) is 1.02. The van der Waals surface area contributed by atoms with Gasteiger partial charge < -0.3 is 27.0 Å². The van der Waals surface area contributed by atoms with E-state index in [1.807, 2.05) is 4.90 Å². The third-order valence-electron chi connectivity index (χ3n) is 5.56. The van der Waals surface area contributed by atoms with E-state index in [2.05, 4.69) is 26.0 Å². The van der Waals surface area contributed by atoms with E-state index < -0.39 is 33.0 Å². The van der Waals surface area contributed by atoms with Gasteiger partial charge in [-0.3, -0.25) is 4.79 Å². The van der Waals surface area contributed by atoms with Gasteiger partial charge in [-0.1, -0.05) is 0 Å². The van der Waals surface area contributed by atoms with Gasteiger partial charge in [0, 0.05) is 37.9 Å². The van der Waals surface area contributed by atoms with Gasteiger partial charge in [0.15, 0.2) is 5.84 Å². The number of hydrazone groups is 1. The number of nitrogens with one attached hydrogen (secondary N) is 4. The molecule has 0 radical (unpaired) electrons. The Morgan fingerprint density at radius 2 is 1.97 bits per heavy atom. The number of hydrogen-bond donors (Lipinski definition) is 8. The second-order valence-corrected chi connectivity index (χ2v) is 10.4. The Kier molecular flexibility index (Phi) is 8.22. The third-order valence-corrected chi connectivity index (χ3v) is 8.08. The van der Waals surface area contributed by atoms with Crippen LogP contribution in [0.15, 0.2) is 27.0 Å². The maximum Gasteiger partial charge on any atom is 0.242 e. The maximum absolute atomic E-state index is 13.2. The predicted molar refractivity (Wildman–Crippen MR) is 124 cm³/mol. The zero-order chi connectivity index (χ0) is 24.2. The number of anilines is 1. The average molecular weight is 503 g/mol. The molecule has 184 valence electrons. The molecule has 2 fully saturated rings. The summed E-state index contributed by atoms with van der Waals surface area (Å²) in [5.74, 6) is 4.63. The first-order valence-electron chi connectivity index (χ1n) is 10.3. The third kappa shape index (κ3) is 5.78. The molecule has 1 aromatic rings. The predicted octanol–water partition coefficient (Wildman–Crippen LogP) is -3.95. The summed E-state index contributed by atoms with van der Waals surface area (Å²) >= 11 is 0. The van der Waals surface area contributed by atoms with Crippen molar-refractivity contribution in [3.8, 4) is 0 Å². The van der Waals surface area contributed by atoms with Gasteiger partial charge in [0.2, 0.25) is 15.9 Å². The molecule has 1 amide bonds. The molecule has 0 saturated carbocycles. The number of sulfonamides is 1. The maximum atomic E-state index is 13.2. The fraction of sp³-hybridized carbons (Fsp3) is 0.529. The van der Waals surface area contributed by atoms with Crippen LogP contribution in [0, 0.1) is 0 Å². The Morgan fingerprint density at radius 3 is 2.58 bits per heavy atom. The smallest absolute Gasteiger partial charge is 0.242 e. The monoisotopic (exact) mass is 502 g/mol. The van der Waals surface area contributed by atoms with Crippen molar-refractivity contribution < 1.29 is 17.4 Å². The van der Waals surface area contributed by atoms with Crippen molar-refractivity contribution in [1.29, 1.82) is 0 Å². The molecule has 0 bridgehead atoms. The lowest BCUT2D eigenvalue weighted by Gasteiger charge is -2.27. The molecule has 0 spiro atoms. The molecule has 2 aliphatic rings. The van der Waals surface area contributed by atoms with Crippen LogP contribution >= 0.6 is 0 Å². The van der Waals surface area contributed by atoms with Crippen molar-refractivity contribution in [1.82, 2.24) is 20.9 Å². The molecular formula is C17H30N10O4S2. The van der Waals surface area contributed by atoms with Crippen molar-refractivity contribution in [2.75, 3.05) is 37.6 Å². The number of carbonyl (C=O) groups excluding carboxylic acids is 1. The fourth-order valence-corrected chi connectivity index (χ4v) is 6.61. The number of amidine groups is 1. The molecule has 0 aliphatic carbocycles. The van der Waals surface area contributed by atoms with Crippen LogP contribution in [0.2, 0.25) is 0 Å². The highest BCUT2D eigenvalue weighted by Crippen LogP contribution is 2.32. The summed E-state index contributed by atoms with van der Waals surface area (Å²) in [7, 11) is -6.32. The number of hydrogen-bond acceptors (Lipinski definition) is 10. The zero-order valence-corrected chi connectivity index (χ0v) is 19.5. The molecule has 2 aliphatic heterocycles.